The Morgan fingerprint density at radius 2 is 2.00 bits per heavy atom. The zero-order valence-corrected chi connectivity index (χ0v) is 14.3. The van der Waals surface area contributed by atoms with Crippen molar-refractivity contribution in [1.29, 1.82) is 0 Å². The summed E-state index contributed by atoms with van der Waals surface area (Å²) < 4.78 is 5.07. The van der Waals surface area contributed by atoms with E-state index < -0.39 is 11.9 Å². The van der Waals surface area contributed by atoms with Crippen molar-refractivity contribution in [3.05, 3.63) is 32.6 Å². The summed E-state index contributed by atoms with van der Waals surface area (Å²) in [6.07, 6.45) is 1.45. The molecule has 1 aromatic carbocycles. The molecule has 0 saturated carbocycles. The Balaban J connectivity index is 2.38. The average molecular weight is 373 g/mol. The fourth-order valence-electron chi connectivity index (χ4n) is 1.69. The molecule has 2 amide bonds. The molecule has 0 radical (unpaired) electrons. The number of hydrogen-bond donors (Lipinski definition) is 1. The van der Waals surface area contributed by atoms with Gasteiger partial charge in [0.2, 0.25) is 5.91 Å². The van der Waals surface area contributed by atoms with Gasteiger partial charge in [0.05, 0.1) is 9.93 Å². The monoisotopic (exact) mass is 372 g/mol. The third kappa shape index (κ3) is 4.57. The molecule has 1 N–H and O–H groups in total. The molecule has 9 heteroatoms. The molecule has 1 heterocycles. The van der Waals surface area contributed by atoms with Crippen LogP contribution in [0.25, 0.3) is 6.08 Å². The van der Waals surface area contributed by atoms with Crippen molar-refractivity contribution in [2.75, 3.05) is 0 Å². The molecule has 6 nitrogen and oxygen atoms in total. The van der Waals surface area contributed by atoms with Crippen LogP contribution in [0, 0.1) is 0 Å². The van der Waals surface area contributed by atoms with E-state index in [9.17, 15) is 14.4 Å². The van der Waals surface area contributed by atoms with Crippen LogP contribution < -0.4 is 10.1 Å². The van der Waals surface area contributed by atoms with Gasteiger partial charge in [-0.25, -0.2) is 0 Å². The molecule has 0 aliphatic carbocycles. The van der Waals surface area contributed by atoms with Gasteiger partial charge in [0, 0.05) is 24.4 Å². The maximum atomic E-state index is 11.9. The van der Waals surface area contributed by atoms with Gasteiger partial charge in [-0.15, -0.1) is 0 Å². The fourth-order valence-corrected chi connectivity index (χ4v) is 3.09. The number of amidine groups is 1. The van der Waals surface area contributed by atoms with E-state index in [2.05, 4.69) is 10.3 Å². The van der Waals surface area contributed by atoms with E-state index in [1.165, 1.54) is 32.1 Å². The summed E-state index contributed by atoms with van der Waals surface area (Å²) in [5.41, 5.74) is 0.354. The summed E-state index contributed by atoms with van der Waals surface area (Å²) in [4.78, 5) is 38.0. The predicted molar refractivity (Wildman–Crippen MR) is 89.6 cm³/mol. The van der Waals surface area contributed by atoms with Gasteiger partial charge in [0.1, 0.15) is 0 Å². The number of amides is 2. The first-order valence-electron chi connectivity index (χ1n) is 6.24. The second kappa shape index (κ2) is 7.16. The van der Waals surface area contributed by atoms with Crippen LogP contribution in [0.4, 0.5) is 0 Å². The molecule has 2 rings (SSSR count). The SMILES string of the molecule is CC(=O)NC1=NC(=O)/C(=C/c2cc(Cl)cc(Cl)c2OC(C)=O)S1. The van der Waals surface area contributed by atoms with Crippen molar-refractivity contribution in [1.82, 2.24) is 5.32 Å². The molecule has 1 aliphatic rings. The third-order valence-corrected chi connectivity index (χ3v) is 3.87. The van der Waals surface area contributed by atoms with Crippen molar-refractivity contribution in [3.8, 4) is 5.75 Å². The van der Waals surface area contributed by atoms with E-state index in [0.717, 1.165) is 11.8 Å². The number of nitrogens with one attached hydrogen (secondary N) is 1. The fraction of sp³-hybridized carbons (Fsp3) is 0.143. The lowest BCUT2D eigenvalue weighted by Gasteiger charge is -2.09. The number of carbonyl (C=O) groups excluding carboxylic acids is 3. The number of carbonyl (C=O) groups is 3. The van der Waals surface area contributed by atoms with Crippen LogP contribution in [0.1, 0.15) is 19.4 Å². The number of benzene rings is 1. The van der Waals surface area contributed by atoms with E-state index in [4.69, 9.17) is 27.9 Å². The van der Waals surface area contributed by atoms with Crippen LogP contribution >= 0.6 is 35.0 Å². The van der Waals surface area contributed by atoms with E-state index in [0.29, 0.717) is 10.6 Å². The summed E-state index contributed by atoms with van der Waals surface area (Å²) in [6.45, 7) is 2.54. The molecule has 120 valence electrons. The van der Waals surface area contributed by atoms with Gasteiger partial charge >= 0.3 is 5.97 Å². The van der Waals surface area contributed by atoms with Crippen molar-refractivity contribution >= 4 is 64.0 Å². The summed E-state index contributed by atoms with van der Waals surface area (Å²) >= 11 is 13.0. The Labute approximate surface area is 145 Å². The summed E-state index contributed by atoms with van der Waals surface area (Å²) in [7, 11) is 0. The van der Waals surface area contributed by atoms with Crippen LogP contribution in [0.2, 0.25) is 10.0 Å². The number of nitrogens with zero attached hydrogens (tertiary/aromatic N) is 1. The molecule has 0 atom stereocenters. The predicted octanol–water partition coefficient (Wildman–Crippen LogP) is 3.03. The Bertz CT molecular complexity index is 774. The second-order valence-corrected chi connectivity index (χ2v) is 6.29. The zero-order valence-electron chi connectivity index (χ0n) is 12.0. The van der Waals surface area contributed by atoms with Gasteiger partial charge < -0.3 is 10.1 Å². The summed E-state index contributed by atoms with van der Waals surface area (Å²) in [5, 5.41) is 3.06. The number of esters is 1. The number of hydrogen-bond acceptors (Lipinski definition) is 5. The molecule has 0 aromatic heterocycles. The van der Waals surface area contributed by atoms with Gasteiger partial charge in [-0.3, -0.25) is 14.4 Å². The number of thioether (sulfide) groups is 1. The standard InChI is InChI=1S/C14H10Cl2N2O4S/c1-6(19)17-14-18-13(21)11(23-14)4-8-3-9(15)5-10(16)12(8)22-7(2)20/h3-5H,1-2H3,(H,17,18,19,21)/b11-4-. The molecular formula is C14H10Cl2N2O4S. The maximum absolute atomic E-state index is 11.9. The number of ether oxygens (including phenoxy) is 1. The van der Waals surface area contributed by atoms with Gasteiger partial charge in [-0.05, 0) is 30.0 Å². The number of halogens is 2. The largest absolute Gasteiger partial charge is 0.424 e. The van der Waals surface area contributed by atoms with E-state index >= 15 is 0 Å². The van der Waals surface area contributed by atoms with Crippen LogP contribution in [0.15, 0.2) is 22.0 Å². The minimum absolute atomic E-state index is 0.0949. The molecule has 0 spiro atoms. The van der Waals surface area contributed by atoms with E-state index in [1.807, 2.05) is 0 Å². The van der Waals surface area contributed by atoms with Crippen LogP contribution in [0.5, 0.6) is 5.75 Å². The lowest BCUT2D eigenvalue weighted by atomic mass is 10.2. The first kappa shape index (κ1) is 17.5. The molecule has 0 unspecified atom stereocenters. The zero-order chi connectivity index (χ0) is 17.1. The molecule has 23 heavy (non-hydrogen) atoms. The molecule has 0 saturated heterocycles. The van der Waals surface area contributed by atoms with Crippen molar-refractivity contribution in [2.45, 2.75) is 13.8 Å². The molecule has 0 bridgehead atoms. The second-order valence-electron chi connectivity index (χ2n) is 4.41. The lowest BCUT2D eigenvalue weighted by Crippen LogP contribution is -2.23. The molecule has 1 aliphatic heterocycles. The Kier molecular flexibility index (Phi) is 5.46. The highest BCUT2D eigenvalue weighted by Gasteiger charge is 2.23. The van der Waals surface area contributed by atoms with Gasteiger partial charge in [-0.2, -0.15) is 4.99 Å². The minimum Gasteiger partial charge on any atom is -0.424 e. The highest BCUT2D eigenvalue weighted by atomic mass is 35.5. The van der Waals surface area contributed by atoms with Crippen molar-refractivity contribution < 1.29 is 19.1 Å². The third-order valence-electron chi connectivity index (χ3n) is 2.47. The summed E-state index contributed by atoms with van der Waals surface area (Å²) in [6, 6.07) is 2.93. The van der Waals surface area contributed by atoms with Gasteiger partial charge in [0.15, 0.2) is 10.9 Å². The normalized spacial score (nSPS) is 15.6. The Morgan fingerprint density at radius 3 is 2.61 bits per heavy atom. The molecular weight excluding hydrogens is 363 g/mol. The highest BCUT2D eigenvalue weighted by molar-refractivity contribution is 8.18. The molecule has 0 fully saturated rings. The summed E-state index contributed by atoms with van der Waals surface area (Å²) in [5.74, 6) is -1.33. The van der Waals surface area contributed by atoms with Gasteiger partial charge in [-0.1, -0.05) is 23.2 Å². The van der Waals surface area contributed by atoms with E-state index in [1.54, 1.807) is 0 Å². The average Bonchev–Trinajstić information content (AvgIpc) is 2.72. The first-order valence-corrected chi connectivity index (χ1v) is 7.81. The number of aliphatic imine (C=N–C) groups is 1. The molecule has 1 aromatic rings. The van der Waals surface area contributed by atoms with Crippen molar-refractivity contribution in [3.63, 3.8) is 0 Å². The topological polar surface area (TPSA) is 84.8 Å². The minimum atomic E-state index is -0.561. The van der Waals surface area contributed by atoms with Crippen LogP contribution in [-0.4, -0.2) is 23.0 Å². The Morgan fingerprint density at radius 1 is 1.30 bits per heavy atom. The number of rotatable bonds is 2. The smallest absolute Gasteiger partial charge is 0.308 e. The Hall–Kier alpha value is -1.83. The quantitative estimate of drug-likeness (QED) is 0.489. The van der Waals surface area contributed by atoms with Crippen LogP contribution in [-0.2, 0) is 14.4 Å². The lowest BCUT2D eigenvalue weighted by molar-refractivity contribution is -0.132. The van der Waals surface area contributed by atoms with Gasteiger partial charge in [0.25, 0.3) is 5.91 Å². The maximum Gasteiger partial charge on any atom is 0.308 e. The van der Waals surface area contributed by atoms with Crippen molar-refractivity contribution in [2.24, 2.45) is 4.99 Å². The van der Waals surface area contributed by atoms with Crippen LogP contribution in [0.3, 0.4) is 0 Å². The first-order chi connectivity index (χ1) is 10.8. The highest BCUT2D eigenvalue weighted by Crippen LogP contribution is 2.36. The van der Waals surface area contributed by atoms with E-state index in [-0.39, 0.29) is 26.8 Å².